The van der Waals surface area contributed by atoms with Crippen molar-refractivity contribution in [2.24, 2.45) is 0 Å². The van der Waals surface area contributed by atoms with Crippen LogP contribution >= 0.6 is 0 Å². The van der Waals surface area contributed by atoms with E-state index < -0.39 is 46.5 Å². The van der Waals surface area contributed by atoms with Gasteiger partial charge in [0.2, 0.25) is 0 Å². The summed E-state index contributed by atoms with van der Waals surface area (Å²) in [7, 11) is -4.90. The molecule has 0 aromatic carbocycles. The number of hydrogen-bond acceptors (Lipinski definition) is 8. The predicted molar refractivity (Wildman–Crippen MR) is 140 cm³/mol. The molecule has 0 aromatic heterocycles. The normalized spacial score (nSPS) is 13.2. The van der Waals surface area contributed by atoms with Crippen LogP contribution in [0.5, 0.6) is 0 Å². The summed E-state index contributed by atoms with van der Waals surface area (Å²) in [4.78, 5) is 24.1. The monoisotopic (exact) mass is 646 g/mol. The maximum absolute atomic E-state index is 12.1. The second-order valence-corrected chi connectivity index (χ2v) is 11.4. The number of carbonyl (C=O) groups is 2. The average Bonchev–Trinajstić information content (AvgIpc) is 2.86. The summed E-state index contributed by atoms with van der Waals surface area (Å²) in [5.74, 6) is -2.22. The first-order chi connectivity index (χ1) is 19.6. The lowest BCUT2D eigenvalue weighted by Crippen LogP contribution is -2.34. The molecule has 250 valence electrons. The molecule has 42 heavy (non-hydrogen) atoms. The molecule has 0 aliphatic carbocycles. The van der Waals surface area contributed by atoms with Crippen LogP contribution in [0.3, 0.4) is 0 Å². The SMILES string of the molecule is O=C(CC(C(=O)OCCCCCCCCCCOC(F)(F)F)S(=O)(=O)O)OCCCCCCCCCCOC(F)(F)F. The lowest BCUT2D eigenvalue weighted by atomic mass is 10.1. The van der Waals surface area contributed by atoms with Crippen LogP contribution in [0.1, 0.15) is 109 Å². The minimum Gasteiger partial charge on any atom is -0.466 e. The number of alkyl halides is 6. The van der Waals surface area contributed by atoms with E-state index in [9.17, 15) is 48.9 Å². The van der Waals surface area contributed by atoms with Crippen molar-refractivity contribution < 1.29 is 67.8 Å². The van der Waals surface area contributed by atoms with Gasteiger partial charge >= 0.3 is 24.7 Å². The Morgan fingerprint density at radius 1 is 0.548 bits per heavy atom. The number of halogens is 6. The zero-order valence-electron chi connectivity index (χ0n) is 23.8. The molecule has 0 heterocycles. The highest BCUT2D eigenvalue weighted by atomic mass is 32.2. The van der Waals surface area contributed by atoms with Gasteiger partial charge in [0.25, 0.3) is 10.1 Å². The highest BCUT2D eigenvalue weighted by Crippen LogP contribution is 2.18. The van der Waals surface area contributed by atoms with E-state index >= 15 is 0 Å². The second kappa shape index (κ2) is 22.8. The molecular weight excluding hydrogens is 602 g/mol. The first-order valence-corrected chi connectivity index (χ1v) is 15.8. The van der Waals surface area contributed by atoms with Crippen LogP contribution in [-0.2, 0) is 38.7 Å². The van der Waals surface area contributed by atoms with Crippen LogP contribution in [0.4, 0.5) is 26.3 Å². The molecule has 1 unspecified atom stereocenters. The van der Waals surface area contributed by atoms with Crippen molar-refractivity contribution in [1.82, 2.24) is 0 Å². The predicted octanol–water partition coefficient (Wildman–Crippen LogP) is 7.03. The molecule has 0 rings (SSSR count). The summed E-state index contributed by atoms with van der Waals surface area (Å²) < 4.78 is 121. The molecule has 1 atom stereocenters. The molecule has 0 radical (unpaired) electrons. The Kier molecular flexibility index (Phi) is 21.9. The molecule has 0 aromatic rings. The van der Waals surface area contributed by atoms with Crippen LogP contribution < -0.4 is 0 Å². The van der Waals surface area contributed by atoms with Gasteiger partial charge in [0, 0.05) is 0 Å². The zero-order chi connectivity index (χ0) is 31.9. The lowest BCUT2D eigenvalue weighted by Gasteiger charge is -2.13. The summed E-state index contributed by atoms with van der Waals surface area (Å²) in [6.45, 7) is -0.815. The summed E-state index contributed by atoms with van der Waals surface area (Å²) in [5.41, 5.74) is 0. The van der Waals surface area contributed by atoms with Crippen molar-refractivity contribution in [3.05, 3.63) is 0 Å². The Bertz CT molecular complexity index is 820. The number of rotatable bonds is 26. The van der Waals surface area contributed by atoms with Gasteiger partial charge in [-0.3, -0.25) is 23.6 Å². The van der Waals surface area contributed by atoms with Gasteiger partial charge in [0.05, 0.1) is 32.8 Å². The minimum atomic E-state index is -4.90. The molecule has 1 N–H and O–H groups in total. The molecule has 0 saturated carbocycles. The van der Waals surface area contributed by atoms with Crippen LogP contribution in [-0.4, -0.2) is 69.3 Å². The van der Waals surface area contributed by atoms with Crippen LogP contribution in [0.25, 0.3) is 0 Å². The summed E-state index contributed by atoms with van der Waals surface area (Å²) in [6, 6.07) is 0. The standard InChI is InChI=1S/C26H44F6O9S/c27-25(28,29)40-19-15-11-7-3-1-5-9-13-17-38-23(33)21-22(42(35,36)37)24(34)39-18-14-10-6-2-4-8-12-16-20-41-26(30,31)32/h22H,1-21H2,(H,35,36,37). The Morgan fingerprint density at radius 3 is 1.19 bits per heavy atom. The number of hydrogen-bond donors (Lipinski definition) is 1. The van der Waals surface area contributed by atoms with Crippen molar-refractivity contribution in [2.75, 3.05) is 26.4 Å². The maximum Gasteiger partial charge on any atom is 0.522 e. The third-order valence-electron chi connectivity index (χ3n) is 6.09. The number of ether oxygens (including phenoxy) is 4. The van der Waals surface area contributed by atoms with Crippen molar-refractivity contribution in [1.29, 1.82) is 0 Å². The van der Waals surface area contributed by atoms with Crippen molar-refractivity contribution in [2.45, 2.75) is 127 Å². The van der Waals surface area contributed by atoms with Crippen LogP contribution in [0, 0.1) is 0 Å². The Balaban J connectivity index is 3.88. The quantitative estimate of drug-likeness (QED) is 0.0456. The lowest BCUT2D eigenvalue weighted by molar-refractivity contribution is -0.325. The Labute approximate surface area is 243 Å². The topological polar surface area (TPSA) is 125 Å². The molecule has 0 saturated heterocycles. The van der Waals surface area contributed by atoms with Crippen LogP contribution in [0.15, 0.2) is 0 Å². The smallest absolute Gasteiger partial charge is 0.466 e. The summed E-state index contributed by atoms with van der Waals surface area (Å²) >= 11 is 0. The molecule has 9 nitrogen and oxygen atoms in total. The van der Waals surface area contributed by atoms with E-state index in [2.05, 4.69) is 9.47 Å². The molecule has 0 amide bonds. The molecule has 0 bridgehead atoms. The van der Waals surface area contributed by atoms with Crippen molar-refractivity contribution in [3.8, 4) is 0 Å². The third-order valence-corrected chi connectivity index (χ3v) is 7.17. The maximum atomic E-state index is 12.1. The molecular formula is C26H44F6O9S. The summed E-state index contributed by atoms with van der Waals surface area (Å²) in [6.07, 6.45) is 0.604. The van der Waals surface area contributed by atoms with E-state index in [0.29, 0.717) is 51.4 Å². The van der Waals surface area contributed by atoms with E-state index in [-0.39, 0.29) is 26.4 Å². The van der Waals surface area contributed by atoms with Crippen molar-refractivity contribution in [3.63, 3.8) is 0 Å². The van der Waals surface area contributed by atoms with Gasteiger partial charge < -0.3 is 9.47 Å². The molecule has 0 aliphatic heterocycles. The molecule has 0 fully saturated rings. The molecule has 16 heteroatoms. The van der Waals surface area contributed by atoms with E-state index in [0.717, 1.165) is 51.4 Å². The van der Waals surface area contributed by atoms with E-state index in [4.69, 9.17) is 9.47 Å². The zero-order valence-corrected chi connectivity index (χ0v) is 24.6. The first kappa shape index (κ1) is 40.4. The number of esters is 2. The fourth-order valence-electron chi connectivity index (χ4n) is 3.88. The number of unbranched alkanes of at least 4 members (excludes halogenated alkanes) is 14. The molecule has 0 aliphatic rings. The second-order valence-electron chi connectivity index (χ2n) is 9.84. The Morgan fingerprint density at radius 2 is 0.857 bits per heavy atom. The minimum absolute atomic E-state index is 0.00218. The number of carbonyl (C=O) groups excluding carboxylic acids is 2. The highest BCUT2D eigenvalue weighted by molar-refractivity contribution is 7.87. The third kappa shape index (κ3) is 27.2. The fourth-order valence-corrected chi connectivity index (χ4v) is 4.54. The van der Waals surface area contributed by atoms with Gasteiger partial charge in [0.15, 0.2) is 5.25 Å². The van der Waals surface area contributed by atoms with Gasteiger partial charge in [-0.1, -0.05) is 77.0 Å². The first-order valence-electron chi connectivity index (χ1n) is 14.3. The largest absolute Gasteiger partial charge is 0.522 e. The van der Waals surface area contributed by atoms with Crippen molar-refractivity contribution >= 4 is 22.1 Å². The highest BCUT2D eigenvalue weighted by Gasteiger charge is 2.35. The van der Waals surface area contributed by atoms with Gasteiger partial charge in [-0.15, -0.1) is 26.3 Å². The Hall–Kier alpha value is -1.65. The van der Waals surface area contributed by atoms with E-state index in [1.54, 1.807) is 0 Å². The summed E-state index contributed by atoms with van der Waals surface area (Å²) in [5, 5.41) is -2.09. The van der Waals surface area contributed by atoms with Gasteiger partial charge in [0.1, 0.15) is 0 Å². The van der Waals surface area contributed by atoms with Gasteiger partial charge in [-0.2, -0.15) is 8.42 Å². The fraction of sp³-hybridized carbons (Fsp3) is 0.923. The van der Waals surface area contributed by atoms with E-state index in [1.165, 1.54) is 0 Å². The average molecular weight is 647 g/mol. The van der Waals surface area contributed by atoms with Gasteiger partial charge in [-0.25, -0.2) is 0 Å². The van der Waals surface area contributed by atoms with Crippen LogP contribution in [0.2, 0.25) is 0 Å². The molecule has 0 spiro atoms. The van der Waals surface area contributed by atoms with Gasteiger partial charge in [-0.05, 0) is 25.7 Å². The van der Waals surface area contributed by atoms with E-state index in [1.807, 2.05) is 0 Å².